The van der Waals surface area contributed by atoms with E-state index in [1.165, 1.54) is 0 Å². The van der Waals surface area contributed by atoms with E-state index in [0.29, 0.717) is 0 Å². The lowest BCUT2D eigenvalue weighted by Gasteiger charge is -1.59. The van der Waals surface area contributed by atoms with Crippen molar-refractivity contribution in [2.24, 2.45) is 0 Å². The smallest absolute Gasteiger partial charge is 0.121 e. The molecule has 0 radical (unpaired) electrons. The first kappa shape index (κ1) is 4.54. The molecule has 0 aromatic carbocycles. The summed E-state index contributed by atoms with van der Waals surface area (Å²) in [6.07, 6.45) is 0. The second-order valence-corrected chi connectivity index (χ2v) is 0.813. The molecule has 0 spiro atoms. The van der Waals surface area contributed by atoms with E-state index in [1.54, 1.807) is 0 Å². The van der Waals surface area contributed by atoms with Gasteiger partial charge in [0.25, 0.3) is 0 Å². The first-order valence-electron chi connectivity index (χ1n) is 1.63. The Hall–Kier alpha value is -0.455. The summed E-state index contributed by atoms with van der Waals surface area (Å²) < 4.78 is 0. The van der Waals surface area contributed by atoms with Gasteiger partial charge in [-0.3, -0.25) is 0 Å². The SMILES string of the molecule is C=CBC=C. The maximum absolute atomic E-state index is 3.48. The molecule has 0 aliphatic heterocycles. The van der Waals surface area contributed by atoms with Gasteiger partial charge in [-0.15, -0.1) is 25.1 Å². The Labute approximate surface area is 33.4 Å². The summed E-state index contributed by atoms with van der Waals surface area (Å²) in [7, 11) is 0.917. The van der Waals surface area contributed by atoms with Gasteiger partial charge in [-0.25, -0.2) is 0 Å². The van der Waals surface area contributed by atoms with Gasteiger partial charge in [0.05, 0.1) is 0 Å². The molecule has 0 rings (SSSR count). The van der Waals surface area contributed by atoms with E-state index in [0.717, 1.165) is 7.28 Å². The van der Waals surface area contributed by atoms with Crippen LogP contribution in [0, 0.1) is 0 Å². The molecule has 0 aliphatic carbocycles. The largest absolute Gasteiger partial charge is 0.172 e. The van der Waals surface area contributed by atoms with Crippen molar-refractivity contribution in [3.63, 3.8) is 0 Å². The van der Waals surface area contributed by atoms with Gasteiger partial charge >= 0.3 is 0 Å². The van der Waals surface area contributed by atoms with Gasteiger partial charge < -0.3 is 0 Å². The fraction of sp³-hybridized carbons (Fsp3) is 0. The minimum Gasteiger partial charge on any atom is -0.121 e. The predicted molar refractivity (Wildman–Crippen MR) is 27.5 cm³/mol. The normalized spacial score (nSPS) is 5.60. The molecule has 0 saturated heterocycles. The lowest BCUT2D eigenvalue weighted by atomic mass is 9.80. The Bertz CT molecular complexity index is 32.9. The van der Waals surface area contributed by atoms with Gasteiger partial charge in [0, 0.05) is 0 Å². The van der Waals surface area contributed by atoms with Crippen molar-refractivity contribution in [3.05, 3.63) is 25.1 Å². The summed E-state index contributed by atoms with van der Waals surface area (Å²) in [6, 6.07) is 0. The monoisotopic (exact) mass is 66.1 g/mol. The van der Waals surface area contributed by atoms with E-state index < -0.39 is 0 Å². The molecule has 0 aliphatic rings. The maximum atomic E-state index is 3.48. The zero-order chi connectivity index (χ0) is 4.12. The highest BCUT2D eigenvalue weighted by Crippen LogP contribution is 1.55. The van der Waals surface area contributed by atoms with Crippen LogP contribution in [0.2, 0.25) is 0 Å². The van der Waals surface area contributed by atoms with Crippen LogP contribution in [-0.2, 0) is 0 Å². The van der Waals surface area contributed by atoms with Gasteiger partial charge in [-0.05, 0) is 0 Å². The first-order chi connectivity index (χ1) is 2.41. The van der Waals surface area contributed by atoms with Crippen LogP contribution in [0.25, 0.3) is 0 Å². The average Bonchev–Trinajstić information content (AvgIpc) is 1.41. The molecule has 0 saturated carbocycles. The second kappa shape index (κ2) is 3.54. The van der Waals surface area contributed by atoms with E-state index in [-0.39, 0.29) is 0 Å². The lowest BCUT2D eigenvalue weighted by Crippen LogP contribution is -1.67. The van der Waals surface area contributed by atoms with Crippen molar-refractivity contribution < 1.29 is 0 Å². The molecule has 0 N–H and O–H groups in total. The molecule has 0 aromatic rings. The van der Waals surface area contributed by atoms with Crippen molar-refractivity contribution >= 4 is 7.28 Å². The number of hydrogen-bond donors (Lipinski definition) is 0. The van der Waals surface area contributed by atoms with E-state index >= 15 is 0 Å². The first-order valence-corrected chi connectivity index (χ1v) is 1.63. The van der Waals surface area contributed by atoms with Gasteiger partial charge in [-0.2, -0.15) is 0 Å². The molecule has 0 amide bonds. The molecule has 0 nitrogen and oxygen atoms in total. The van der Waals surface area contributed by atoms with Crippen molar-refractivity contribution in [1.82, 2.24) is 0 Å². The molecule has 0 bridgehead atoms. The van der Waals surface area contributed by atoms with Crippen LogP contribution >= 0.6 is 0 Å². The predicted octanol–water partition coefficient (Wildman–Crippen LogP) is 0.710. The maximum Gasteiger partial charge on any atom is 0.172 e. The van der Waals surface area contributed by atoms with Gasteiger partial charge in [0.1, 0.15) is 0 Å². The van der Waals surface area contributed by atoms with Crippen LogP contribution in [0.3, 0.4) is 0 Å². The molecule has 0 aromatic heterocycles. The van der Waals surface area contributed by atoms with E-state index in [1.807, 2.05) is 12.0 Å². The molecule has 0 heterocycles. The van der Waals surface area contributed by atoms with E-state index in [9.17, 15) is 0 Å². The van der Waals surface area contributed by atoms with Crippen molar-refractivity contribution in [1.29, 1.82) is 0 Å². The van der Waals surface area contributed by atoms with Crippen LogP contribution in [0.5, 0.6) is 0 Å². The average molecular weight is 65.9 g/mol. The van der Waals surface area contributed by atoms with Gasteiger partial charge in [0.2, 0.25) is 0 Å². The highest BCUT2D eigenvalue weighted by molar-refractivity contribution is 6.47. The third-order valence-corrected chi connectivity index (χ3v) is 0.333. The summed E-state index contributed by atoms with van der Waals surface area (Å²) in [5.41, 5.74) is 0. The van der Waals surface area contributed by atoms with Crippen LogP contribution in [0.4, 0.5) is 0 Å². The molecule has 5 heavy (non-hydrogen) atoms. The summed E-state index contributed by atoms with van der Waals surface area (Å²) in [4.78, 5) is 0. The van der Waals surface area contributed by atoms with Crippen LogP contribution in [0.15, 0.2) is 25.1 Å². The molecule has 0 unspecified atom stereocenters. The molecule has 26 valence electrons. The minimum atomic E-state index is 0.917. The molecule has 1 heteroatoms. The van der Waals surface area contributed by atoms with E-state index in [4.69, 9.17) is 0 Å². The van der Waals surface area contributed by atoms with Crippen molar-refractivity contribution in [2.45, 2.75) is 0 Å². The molecule has 0 atom stereocenters. The zero-order valence-corrected chi connectivity index (χ0v) is 3.28. The zero-order valence-electron chi connectivity index (χ0n) is 3.28. The lowest BCUT2D eigenvalue weighted by molar-refractivity contribution is 2.44. The second-order valence-electron chi connectivity index (χ2n) is 0.813. The third-order valence-electron chi connectivity index (χ3n) is 0.333. The Morgan fingerprint density at radius 3 is 1.60 bits per heavy atom. The number of hydrogen-bond acceptors (Lipinski definition) is 0. The third kappa shape index (κ3) is 3.54. The Morgan fingerprint density at radius 2 is 1.60 bits per heavy atom. The minimum absolute atomic E-state index is 0.917. The standard InChI is InChI=1S/C4H7B/c1-3-5-4-2/h3-5H,1-2H2. The highest BCUT2D eigenvalue weighted by atomic mass is 13.2. The Kier molecular flexibility index (Phi) is 3.22. The van der Waals surface area contributed by atoms with E-state index in [2.05, 4.69) is 13.2 Å². The van der Waals surface area contributed by atoms with Crippen LogP contribution in [0.1, 0.15) is 0 Å². The summed E-state index contributed by atoms with van der Waals surface area (Å²) in [5.74, 6) is 3.62. The number of rotatable bonds is 2. The van der Waals surface area contributed by atoms with Crippen LogP contribution in [-0.4, -0.2) is 7.28 Å². The molecular weight excluding hydrogens is 58.9 g/mol. The highest BCUT2D eigenvalue weighted by Gasteiger charge is 1.59. The summed E-state index contributed by atoms with van der Waals surface area (Å²) in [6.45, 7) is 6.96. The van der Waals surface area contributed by atoms with Gasteiger partial charge in [0.15, 0.2) is 7.28 Å². The fourth-order valence-corrected chi connectivity index (χ4v) is 0.118. The van der Waals surface area contributed by atoms with Crippen molar-refractivity contribution in [2.75, 3.05) is 0 Å². The molecule has 0 fully saturated rings. The Morgan fingerprint density at radius 1 is 1.20 bits per heavy atom. The van der Waals surface area contributed by atoms with Crippen LogP contribution < -0.4 is 0 Å². The van der Waals surface area contributed by atoms with Crippen molar-refractivity contribution in [3.8, 4) is 0 Å². The summed E-state index contributed by atoms with van der Waals surface area (Å²) >= 11 is 0. The van der Waals surface area contributed by atoms with Gasteiger partial charge in [-0.1, -0.05) is 0 Å². The topological polar surface area (TPSA) is 0 Å². The summed E-state index contributed by atoms with van der Waals surface area (Å²) in [5, 5.41) is 0. The molecular formula is C4H7B. The Balaban J connectivity index is 2.65. The quantitative estimate of drug-likeness (QED) is 0.416. The fourth-order valence-electron chi connectivity index (χ4n) is 0.118.